The van der Waals surface area contributed by atoms with Gasteiger partial charge in [-0.15, -0.1) is 13.2 Å². The number of rotatable bonds is 6. The molecule has 1 aromatic carbocycles. The van der Waals surface area contributed by atoms with Crippen LogP contribution in [0.4, 0.5) is 13.2 Å². The zero-order valence-corrected chi connectivity index (χ0v) is 12.2. The topological polar surface area (TPSA) is 53.1 Å². The van der Waals surface area contributed by atoms with Gasteiger partial charge in [-0.05, 0) is 35.7 Å². The molecule has 0 aliphatic heterocycles. The van der Waals surface area contributed by atoms with E-state index < -0.39 is 6.36 Å². The Morgan fingerprint density at radius 2 is 2.00 bits per heavy atom. The zero-order chi connectivity index (χ0) is 16.2. The van der Waals surface area contributed by atoms with Gasteiger partial charge >= 0.3 is 6.36 Å². The average molecular weight is 313 g/mol. The summed E-state index contributed by atoms with van der Waals surface area (Å²) in [6.07, 6.45) is 0.745. The first-order valence-electron chi connectivity index (χ1n) is 7.04. The van der Waals surface area contributed by atoms with E-state index in [4.69, 9.17) is 5.73 Å². The van der Waals surface area contributed by atoms with Crippen LogP contribution in [-0.4, -0.2) is 16.1 Å². The Kier molecular flexibility index (Phi) is 5.07. The number of nitrogens with zero attached hydrogens (tertiary/aromatic N) is 2. The highest BCUT2D eigenvalue weighted by Gasteiger charge is 2.31. The van der Waals surface area contributed by atoms with Gasteiger partial charge in [0, 0.05) is 24.8 Å². The lowest BCUT2D eigenvalue weighted by atomic mass is 10.1. The fourth-order valence-corrected chi connectivity index (χ4v) is 2.09. The van der Waals surface area contributed by atoms with Crippen molar-refractivity contribution in [2.75, 3.05) is 0 Å². The molecule has 22 heavy (non-hydrogen) atoms. The number of ether oxygens (including phenoxy) is 1. The molecule has 0 aliphatic carbocycles. The van der Waals surface area contributed by atoms with Crippen molar-refractivity contribution in [3.05, 3.63) is 36.2 Å². The summed E-state index contributed by atoms with van der Waals surface area (Å²) in [6.45, 7) is 2.99. The monoisotopic (exact) mass is 313 g/mol. The lowest BCUT2D eigenvalue weighted by Gasteiger charge is -2.11. The minimum Gasteiger partial charge on any atom is -0.406 e. The van der Waals surface area contributed by atoms with Crippen LogP contribution in [0.2, 0.25) is 0 Å². The van der Waals surface area contributed by atoms with E-state index >= 15 is 0 Å². The van der Waals surface area contributed by atoms with E-state index in [9.17, 15) is 13.2 Å². The van der Waals surface area contributed by atoms with E-state index in [0.29, 0.717) is 11.1 Å². The van der Waals surface area contributed by atoms with Crippen LogP contribution in [-0.2, 0) is 13.1 Å². The maximum Gasteiger partial charge on any atom is 0.573 e. The third-order valence-electron chi connectivity index (χ3n) is 3.14. The molecule has 2 rings (SSSR count). The van der Waals surface area contributed by atoms with E-state index in [2.05, 4.69) is 16.8 Å². The van der Waals surface area contributed by atoms with Gasteiger partial charge in [-0.3, -0.25) is 4.68 Å². The number of aryl methyl sites for hydroxylation is 1. The normalized spacial score (nSPS) is 11.7. The maximum atomic E-state index is 12.4. The molecule has 0 saturated carbocycles. The number of alkyl halides is 3. The minimum atomic E-state index is -4.73. The van der Waals surface area contributed by atoms with Crippen LogP contribution < -0.4 is 10.5 Å². The molecule has 0 radical (unpaired) electrons. The van der Waals surface area contributed by atoms with Gasteiger partial charge in [0.2, 0.25) is 0 Å². The fourth-order valence-electron chi connectivity index (χ4n) is 2.09. The second-order valence-electron chi connectivity index (χ2n) is 4.96. The molecule has 0 fully saturated rings. The van der Waals surface area contributed by atoms with Gasteiger partial charge in [0.15, 0.2) is 0 Å². The van der Waals surface area contributed by atoms with Crippen molar-refractivity contribution in [3.63, 3.8) is 0 Å². The van der Waals surface area contributed by atoms with Crippen molar-refractivity contribution in [1.29, 1.82) is 0 Å². The highest BCUT2D eigenvalue weighted by Crippen LogP contribution is 2.29. The van der Waals surface area contributed by atoms with Crippen molar-refractivity contribution in [3.8, 4) is 16.9 Å². The Hall–Kier alpha value is -2.02. The SMILES string of the molecule is CCCCn1cc(-c2cc(CN)cc(OC(F)(F)F)c2)cn1. The van der Waals surface area contributed by atoms with E-state index in [1.807, 2.05) is 6.20 Å². The summed E-state index contributed by atoms with van der Waals surface area (Å²) >= 11 is 0. The number of hydrogen-bond acceptors (Lipinski definition) is 3. The molecule has 0 aliphatic rings. The van der Waals surface area contributed by atoms with Crippen molar-refractivity contribution >= 4 is 0 Å². The Labute approximate surface area is 126 Å². The lowest BCUT2D eigenvalue weighted by molar-refractivity contribution is -0.274. The summed E-state index contributed by atoms with van der Waals surface area (Å²) in [6, 6.07) is 4.37. The maximum absolute atomic E-state index is 12.4. The van der Waals surface area contributed by atoms with Crippen LogP contribution in [0.1, 0.15) is 25.3 Å². The summed E-state index contributed by atoms with van der Waals surface area (Å²) in [4.78, 5) is 0. The molecular weight excluding hydrogens is 295 g/mol. The van der Waals surface area contributed by atoms with Crippen molar-refractivity contribution < 1.29 is 17.9 Å². The molecule has 0 amide bonds. The molecule has 0 atom stereocenters. The largest absolute Gasteiger partial charge is 0.573 e. The van der Waals surface area contributed by atoms with Gasteiger partial charge in [0.05, 0.1) is 6.20 Å². The number of nitrogens with two attached hydrogens (primary N) is 1. The molecule has 1 aromatic heterocycles. The first-order chi connectivity index (χ1) is 10.4. The van der Waals surface area contributed by atoms with Gasteiger partial charge in [-0.2, -0.15) is 5.10 Å². The molecule has 0 bridgehead atoms. The molecule has 2 N–H and O–H groups in total. The van der Waals surface area contributed by atoms with Crippen molar-refractivity contribution in [1.82, 2.24) is 9.78 Å². The first-order valence-corrected chi connectivity index (χ1v) is 7.04. The van der Waals surface area contributed by atoms with Gasteiger partial charge in [-0.25, -0.2) is 0 Å². The summed E-state index contributed by atoms with van der Waals surface area (Å²) in [7, 11) is 0. The summed E-state index contributed by atoms with van der Waals surface area (Å²) in [5, 5.41) is 4.21. The molecule has 0 saturated heterocycles. The Morgan fingerprint density at radius 1 is 1.23 bits per heavy atom. The number of halogens is 3. The van der Waals surface area contributed by atoms with Crippen molar-refractivity contribution in [2.45, 2.75) is 39.2 Å². The second kappa shape index (κ2) is 6.83. The number of hydrogen-bond donors (Lipinski definition) is 1. The third-order valence-corrected chi connectivity index (χ3v) is 3.14. The number of unbranched alkanes of at least 4 members (excludes halogenated alkanes) is 1. The lowest BCUT2D eigenvalue weighted by Crippen LogP contribution is -2.17. The summed E-state index contributed by atoms with van der Waals surface area (Å²) in [5.74, 6) is -0.272. The molecule has 4 nitrogen and oxygen atoms in total. The van der Waals surface area contributed by atoms with Crippen LogP contribution >= 0.6 is 0 Å². The van der Waals surface area contributed by atoms with E-state index in [1.54, 1.807) is 16.9 Å². The molecule has 120 valence electrons. The standard InChI is InChI=1S/C15H18F3N3O/c1-2-3-4-21-10-13(9-20-21)12-5-11(8-19)6-14(7-12)22-15(16,17)18/h5-7,9-10H,2-4,8,19H2,1H3. The van der Waals surface area contributed by atoms with Gasteiger partial charge < -0.3 is 10.5 Å². The second-order valence-corrected chi connectivity index (χ2v) is 4.96. The van der Waals surface area contributed by atoms with Crippen LogP contribution in [0.3, 0.4) is 0 Å². The molecule has 0 spiro atoms. The van der Waals surface area contributed by atoms with Crippen LogP contribution in [0, 0.1) is 0 Å². The number of aromatic nitrogens is 2. The van der Waals surface area contributed by atoms with Crippen LogP contribution in [0.15, 0.2) is 30.6 Å². The zero-order valence-electron chi connectivity index (χ0n) is 12.2. The number of benzene rings is 1. The summed E-state index contributed by atoms with van der Waals surface area (Å²) < 4.78 is 42.9. The summed E-state index contributed by atoms with van der Waals surface area (Å²) in [5.41, 5.74) is 7.45. The van der Waals surface area contributed by atoms with Crippen LogP contribution in [0.5, 0.6) is 5.75 Å². The van der Waals surface area contributed by atoms with E-state index in [-0.39, 0.29) is 12.3 Å². The quantitative estimate of drug-likeness (QED) is 0.884. The van der Waals surface area contributed by atoms with Gasteiger partial charge in [0.25, 0.3) is 0 Å². The van der Waals surface area contributed by atoms with Gasteiger partial charge in [-0.1, -0.05) is 13.3 Å². The third kappa shape index (κ3) is 4.49. The average Bonchev–Trinajstić information content (AvgIpc) is 2.91. The molecule has 1 heterocycles. The smallest absolute Gasteiger partial charge is 0.406 e. The van der Waals surface area contributed by atoms with Crippen LogP contribution in [0.25, 0.3) is 11.1 Å². The fraction of sp³-hybridized carbons (Fsp3) is 0.400. The predicted molar refractivity (Wildman–Crippen MR) is 77.1 cm³/mol. The van der Waals surface area contributed by atoms with Crippen molar-refractivity contribution in [2.24, 2.45) is 5.73 Å². The first kappa shape index (κ1) is 16.4. The Bertz CT molecular complexity index is 623. The Morgan fingerprint density at radius 3 is 2.64 bits per heavy atom. The highest BCUT2D eigenvalue weighted by atomic mass is 19.4. The highest BCUT2D eigenvalue weighted by molar-refractivity contribution is 5.64. The van der Waals surface area contributed by atoms with E-state index in [0.717, 1.165) is 24.9 Å². The minimum absolute atomic E-state index is 0.131. The predicted octanol–water partition coefficient (Wildman–Crippen LogP) is 3.71. The molecular formula is C15H18F3N3O. The Balaban J connectivity index is 2.29. The van der Waals surface area contributed by atoms with E-state index in [1.165, 1.54) is 12.1 Å². The molecule has 0 unspecified atom stereocenters. The molecule has 2 aromatic rings. The molecule has 7 heteroatoms. The van der Waals surface area contributed by atoms with Gasteiger partial charge in [0.1, 0.15) is 5.75 Å².